The van der Waals surface area contributed by atoms with Crippen molar-refractivity contribution in [2.45, 2.75) is 46.1 Å². The molecule has 0 aliphatic rings. The van der Waals surface area contributed by atoms with Gasteiger partial charge in [0.25, 0.3) is 5.56 Å². The summed E-state index contributed by atoms with van der Waals surface area (Å²) in [5, 5.41) is 9.44. The van der Waals surface area contributed by atoms with Crippen LogP contribution in [0.15, 0.2) is 17.1 Å². The fourth-order valence-corrected chi connectivity index (χ4v) is 2.56. The molecule has 0 amide bonds. The minimum atomic E-state index is -0.945. The highest BCUT2D eigenvalue weighted by molar-refractivity contribution is 5.71. The summed E-state index contributed by atoms with van der Waals surface area (Å²) in [4.78, 5) is 25.8. The molecule has 0 spiro atoms. The molecule has 0 saturated carbocycles. The predicted octanol–water partition coefficient (Wildman–Crippen LogP) is 2.32. The molecular weight excluding hydrogens is 280 g/mol. The minimum absolute atomic E-state index is 0.214. The van der Waals surface area contributed by atoms with Crippen LogP contribution in [0.5, 0.6) is 0 Å². The van der Waals surface area contributed by atoms with Gasteiger partial charge in [0.05, 0.1) is 0 Å². The van der Waals surface area contributed by atoms with Crippen LogP contribution >= 0.6 is 0 Å². The molecule has 0 fully saturated rings. The van der Waals surface area contributed by atoms with Crippen molar-refractivity contribution in [1.82, 2.24) is 9.47 Å². The smallest absolute Gasteiger partial charge is 0.326 e. The Balaban J connectivity index is 3.08. The van der Waals surface area contributed by atoms with Crippen LogP contribution in [0.1, 0.15) is 43.9 Å². The number of aryl methyl sites for hydroxylation is 2. The van der Waals surface area contributed by atoms with E-state index in [9.17, 15) is 14.7 Å². The number of rotatable bonds is 8. The Kier molecular flexibility index (Phi) is 6.81. The summed E-state index contributed by atoms with van der Waals surface area (Å²) in [6, 6.07) is 0.766. The van der Waals surface area contributed by atoms with Crippen molar-refractivity contribution >= 4 is 5.97 Å². The van der Waals surface area contributed by atoms with Gasteiger partial charge in [-0.25, -0.2) is 4.79 Å². The number of carboxylic acid groups (broad SMARTS) is 1. The second-order valence-electron chi connectivity index (χ2n) is 6.62. The van der Waals surface area contributed by atoms with Gasteiger partial charge in [-0.3, -0.25) is 4.79 Å². The molecular formula is C17H28N2O3. The Hall–Kier alpha value is -1.62. The first-order chi connectivity index (χ1) is 10.2. The average Bonchev–Trinajstić information content (AvgIpc) is 2.38. The summed E-state index contributed by atoms with van der Waals surface area (Å²) in [7, 11) is 4.05. The lowest BCUT2D eigenvalue weighted by Crippen LogP contribution is -2.31. The van der Waals surface area contributed by atoms with Crippen molar-refractivity contribution in [2.75, 3.05) is 20.6 Å². The molecule has 1 aromatic heterocycles. The number of carboxylic acids is 1. The highest BCUT2D eigenvalue weighted by atomic mass is 16.4. The zero-order chi connectivity index (χ0) is 16.9. The number of carbonyl (C=O) groups is 1. The molecule has 5 nitrogen and oxygen atoms in total. The largest absolute Gasteiger partial charge is 0.480 e. The molecule has 0 aliphatic heterocycles. The number of hydrogen-bond donors (Lipinski definition) is 1. The summed E-state index contributed by atoms with van der Waals surface area (Å²) >= 11 is 0. The van der Waals surface area contributed by atoms with Gasteiger partial charge in [-0.05, 0) is 63.9 Å². The van der Waals surface area contributed by atoms with Crippen molar-refractivity contribution < 1.29 is 9.90 Å². The van der Waals surface area contributed by atoms with E-state index in [1.54, 1.807) is 12.3 Å². The third kappa shape index (κ3) is 5.30. The van der Waals surface area contributed by atoms with E-state index in [4.69, 9.17) is 0 Å². The molecule has 22 heavy (non-hydrogen) atoms. The zero-order valence-corrected chi connectivity index (χ0v) is 14.3. The second kappa shape index (κ2) is 8.13. The number of pyridine rings is 1. The number of nitrogens with zero attached hydrogens (tertiary/aromatic N) is 2. The van der Waals surface area contributed by atoms with Crippen LogP contribution in [0, 0.1) is 12.8 Å². The Morgan fingerprint density at radius 2 is 2.00 bits per heavy atom. The summed E-state index contributed by atoms with van der Waals surface area (Å²) < 4.78 is 1.39. The number of aliphatic carboxylic acids is 1. The fraction of sp³-hybridized carbons (Fsp3) is 0.647. The van der Waals surface area contributed by atoms with Crippen molar-refractivity contribution in [2.24, 2.45) is 5.92 Å². The van der Waals surface area contributed by atoms with E-state index in [1.165, 1.54) is 4.57 Å². The van der Waals surface area contributed by atoms with Gasteiger partial charge < -0.3 is 14.6 Å². The van der Waals surface area contributed by atoms with E-state index >= 15 is 0 Å². The second-order valence-corrected chi connectivity index (χ2v) is 6.62. The van der Waals surface area contributed by atoms with Crippen LogP contribution in [-0.2, 0) is 11.2 Å². The number of aromatic nitrogens is 1. The Labute approximate surface area is 132 Å². The van der Waals surface area contributed by atoms with Crippen LogP contribution in [-0.4, -0.2) is 41.2 Å². The highest BCUT2D eigenvalue weighted by Gasteiger charge is 2.22. The van der Waals surface area contributed by atoms with Crippen LogP contribution in [0.25, 0.3) is 0 Å². The van der Waals surface area contributed by atoms with Gasteiger partial charge in [-0.2, -0.15) is 0 Å². The maximum atomic E-state index is 12.2. The lowest BCUT2D eigenvalue weighted by molar-refractivity contribution is -0.141. The summed E-state index contributed by atoms with van der Waals surface area (Å²) in [6.07, 6.45) is 4.02. The molecule has 0 aliphatic carbocycles. The van der Waals surface area contributed by atoms with Crippen molar-refractivity contribution in [3.63, 3.8) is 0 Å². The van der Waals surface area contributed by atoms with Gasteiger partial charge in [-0.1, -0.05) is 13.8 Å². The van der Waals surface area contributed by atoms with E-state index in [2.05, 4.69) is 4.90 Å². The summed E-state index contributed by atoms with van der Waals surface area (Å²) in [5.74, 6) is -0.731. The van der Waals surface area contributed by atoms with E-state index in [0.29, 0.717) is 6.42 Å². The highest BCUT2D eigenvalue weighted by Crippen LogP contribution is 2.18. The molecule has 0 bridgehead atoms. The molecule has 0 saturated heterocycles. The quantitative estimate of drug-likeness (QED) is 0.800. The molecule has 0 radical (unpaired) electrons. The monoisotopic (exact) mass is 308 g/mol. The minimum Gasteiger partial charge on any atom is -0.480 e. The lowest BCUT2D eigenvalue weighted by Gasteiger charge is -2.19. The van der Waals surface area contributed by atoms with Gasteiger partial charge in [-0.15, -0.1) is 0 Å². The first-order valence-electron chi connectivity index (χ1n) is 7.81. The molecule has 5 heteroatoms. The van der Waals surface area contributed by atoms with E-state index in [-0.39, 0.29) is 11.5 Å². The molecule has 124 valence electrons. The van der Waals surface area contributed by atoms with E-state index in [0.717, 1.165) is 30.5 Å². The van der Waals surface area contributed by atoms with Crippen LogP contribution in [0.3, 0.4) is 0 Å². The Bertz CT molecular complexity index is 562. The summed E-state index contributed by atoms with van der Waals surface area (Å²) in [5.41, 5.74) is 1.76. The third-order valence-electron chi connectivity index (χ3n) is 3.76. The third-order valence-corrected chi connectivity index (χ3v) is 3.76. The Morgan fingerprint density at radius 1 is 1.36 bits per heavy atom. The molecule has 1 N–H and O–H groups in total. The Morgan fingerprint density at radius 3 is 2.50 bits per heavy atom. The normalized spacial score (nSPS) is 12.9. The van der Waals surface area contributed by atoms with Crippen LogP contribution < -0.4 is 5.56 Å². The molecule has 1 unspecified atom stereocenters. The number of hydrogen-bond acceptors (Lipinski definition) is 3. The maximum Gasteiger partial charge on any atom is 0.326 e. The fourth-order valence-electron chi connectivity index (χ4n) is 2.56. The van der Waals surface area contributed by atoms with Gasteiger partial charge in [0.15, 0.2) is 0 Å². The van der Waals surface area contributed by atoms with Crippen molar-refractivity contribution in [1.29, 1.82) is 0 Å². The molecule has 1 rings (SSSR count). The maximum absolute atomic E-state index is 12.2. The molecule has 1 atom stereocenters. The zero-order valence-electron chi connectivity index (χ0n) is 14.3. The molecule has 1 heterocycles. The molecule has 1 aromatic rings. The van der Waals surface area contributed by atoms with Gasteiger partial charge >= 0.3 is 5.97 Å². The predicted molar refractivity (Wildman–Crippen MR) is 88.4 cm³/mol. The van der Waals surface area contributed by atoms with Crippen molar-refractivity contribution in [3.05, 3.63) is 33.7 Å². The molecule has 0 aromatic carbocycles. The summed E-state index contributed by atoms with van der Waals surface area (Å²) in [6.45, 7) is 6.81. The first-order valence-corrected chi connectivity index (χ1v) is 7.81. The van der Waals surface area contributed by atoms with Gasteiger partial charge in [0.2, 0.25) is 0 Å². The van der Waals surface area contributed by atoms with E-state index in [1.807, 2.05) is 34.9 Å². The SMILES string of the molecule is Cc1cc(=O)n(C(CC(C)C)C(=O)O)cc1CCCN(C)C. The lowest BCUT2D eigenvalue weighted by atomic mass is 10.0. The standard InChI is InChI=1S/C17H28N2O3/c1-12(2)9-15(17(21)22)19-11-14(7-6-8-18(4)5)13(3)10-16(19)20/h10-12,15H,6-9H2,1-5H3,(H,21,22). The van der Waals surface area contributed by atoms with E-state index < -0.39 is 12.0 Å². The average molecular weight is 308 g/mol. The van der Waals surface area contributed by atoms with Gasteiger partial charge in [0.1, 0.15) is 6.04 Å². The van der Waals surface area contributed by atoms with Crippen LogP contribution in [0.2, 0.25) is 0 Å². The van der Waals surface area contributed by atoms with Gasteiger partial charge in [0, 0.05) is 12.3 Å². The van der Waals surface area contributed by atoms with Crippen LogP contribution in [0.4, 0.5) is 0 Å². The topological polar surface area (TPSA) is 62.5 Å². The van der Waals surface area contributed by atoms with Crippen molar-refractivity contribution in [3.8, 4) is 0 Å². The first kappa shape index (κ1) is 18.4.